The molecular formula is C10H11F3O. The monoisotopic (exact) mass is 204 g/mol. The molecule has 4 heteroatoms. The number of benzene rings is 1. The standard InChI is InChI=1S/C10H11F3O/c1-2-9(14)7-3-5-8(6-4-7)10(11,12)13/h3-6,9,14H,2H2,1H3/t9-/m1/s1. The van der Waals surface area contributed by atoms with E-state index in [2.05, 4.69) is 0 Å². The first-order chi connectivity index (χ1) is 6.45. The van der Waals surface area contributed by atoms with Crippen molar-refractivity contribution in [3.63, 3.8) is 0 Å². The molecule has 0 saturated heterocycles. The fourth-order valence-corrected chi connectivity index (χ4v) is 1.13. The molecule has 0 aliphatic rings. The van der Waals surface area contributed by atoms with E-state index in [1.54, 1.807) is 6.92 Å². The second-order valence-corrected chi connectivity index (χ2v) is 3.04. The van der Waals surface area contributed by atoms with Gasteiger partial charge in [-0.1, -0.05) is 19.1 Å². The van der Waals surface area contributed by atoms with Crippen molar-refractivity contribution in [2.24, 2.45) is 0 Å². The highest BCUT2D eigenvalue weighted by Gasteiger charge is 2.30. The first-order valence-electron chi connectivity index (χ1n) is 4.30. The molecule has 1 aromatic carbocycles. The van der Waals surface area contributed by atoms with Crippen LogP contribution in [0.4, 0.5) is 13.2 Å². The average Bonchev–Trinajstić information content (AvgIpc) is 2.15. The molecule has 0 saturated carbocycles. The van der Waals surface area contributed by atoms with Gasteiger partial charge in [0.05, 0.1) is 11.7 Å². The summed E-state index contributed by atoms with van der Waals surface area (Å²) in [4.78, 5) is 0. The van der Waals surface area contributed by atoms with Crippen LogP contribution in [0.5, 0.6) is 0 Å². The third-order valence-corrected chi connectivity index (χ3v) is 2.01. The van der Waals surface area contributed by atoms with Crippen LogP contribution in [0.1, 0.15) is 30.6 Å². The highest BCUT2D eigenvalue weighted by atomic mass is 19.4. The summed E-state index contributed by atoms with van der Waals surface area (Å²) in [6.07, 6.45) is -4.50. The molecular weight excluding hydrogens is 193 g/mol. The lowest BCUT2D eigenvalue weighted by Gasteiger charge is -2.10. The van der Waals surface area contributed by atoms with Crippen molar-refractivity contribution in [3.05, 3.63) is 35.4 Å². The summed E-state index contributed by atoms with van der Waals surface area (Å²) in [5.74, 6) is 0. The van der Waals surface area contributed by atoms with Gasteiger partial charge in [-0.15, -0.1) is 0 Å². The van der Waals surface area contributed by atoms with Crippen molar-refractivity contribution in [1.29, 1.82) is 0 Å². The van der Waals surface area contributed by atoms with Gasteiger partial charge < -0.3 is 5.11 Å². The Balaban J connectivity index is 2.89. The lowest BCUT2D eigenvalue weighted by Crippen LogP contribution is -2.05. The van der Waals surface area contributed by atoms with Gasteiger partial charge in [-0.3, -0.25) is 0 Å². The molecule has 1 rings (SSSR count). The zero-order valence-electron chi connectivity index (χ0n) is 7.67. The molecule has 0 bridgehead atoms. The number of halogens is 3. The Kier molecular flexibility index (Phi) is 3.16. The minimum absolute atomic E-state index is 0.491. The van der Waals surface area contributed by atoms with Crippen LogP contribution in [-0.2, 0) is 6.18 Å². The van der Waals surface area contributed by atoms with Gasteiger partial charge in [-0.05, 0) is 24.1 Å². The first-order valence-corrected chi connectivity index (χ1v) is 4.30. The Morgan fingerprint density at radius 2 is 1.71 bits per heavy atom. The van der Waals surface area contributed by atoms with Gasteiger partial charge >= 0.3 is 6.18 Å². The zero-order valence-corrected chi connectivity index (χ0v) is 7.67. The molecule has 1 aromatic rings. The predicted molar refractivity (Wildman–Crippen MR) is 46.7 cm³/mol. The maximum absolute atomic E-state index is 12.1. The Labute approximate surface area is 80.2 Å². The molecule has 1 nitrogen and oxygen atoms in total. The van der Waals surface area contributed by atoms with Crippen molar-refractivity contribution in [2.75, 3.05) is 0 Å². The van der Waals surface area contributed by atoms with Gasteiger partial charge in [0.25, 0.3) is 0 Å². The number of alkyl halides is 3. The fraction of sp³-hybridized carbons (Fsp3) is 0.400. The van der Waals surface area contributed by atoms with Crippen molar-refractivity contribution in [1.82, 2.24) is 0 Å². The molecule has 78 valence electrons. The highest BCUT2D eigenvalue weighted by molar-refractivity contribution is 5.25. The lowest BCUT2D eigenvalue weighted by molar-refractivity contribution is -0.137. The quantitative estimate of drug-likeness (QED) is 0.784. The van der Waals surface area contributed by atoms with Crippen LogP contribution in [0.15, 0.2) is 24.3 Å². The second kappa shape index (κ2) is 4.00. The van der Waals surface area contributed by atoms with Crippen LogP contribution in [-0.4, -0.2) is 5.11 Å². The number of rotatable bonds is 2. The van der Waals surface area contributed by atoms with Crippen molar-refractivity contribution in [3.8, 4) is 0 Å². The second-order valence-electron chi connectivity index (χ2n) is 3.04. The number of hydrogen-bond donors (Lipinski definition) is 1. The van der Waals surface area contributed by atoms with E-state index >= 15 is 0 Å². The van der Waals surface area contributed by atoms with E-state index in [9.17, 15) is 18.3 Å². The van der Waals surface area contributed by atoms with Crippen LogP contribution in [0.3, 0.4) is 0 Å². The highest BCUT2D eigenvalue weighted by Crippen LogP contribution is 2.30. The zero-order chi connectivity index (χ0) is 10.8. The third kappa shape index (κ3) is 2.48. The maximum Gasteiger partial charge on any atom is 0.416 e. The molecule has 0 radical (unpaired) electrons. The largest absolute Gasteiger partial charge is 0.416 e. The summed E-state index contributed by atoms with van der Waals surface area (Å²) in [6, 6.07) is 4.57. The third-order valence-electron chi connectivity index (χ3n) is 2.01. The topological polar surface area (TPSA) is 20.2 Å². The molecule has 0 amide bonds. The van der Waals surface area contributed by atoms with Gasteiger partial charge in [-0.25, -0.2) is 0 Å². The molecule has 0 fully saturated rings. The molecule has 1 N–H and O–H groups in total. The van der Waals surface area contributed by atoms with Gasteiger partial charge in [0.1, 0.15) is 0 Å². The minimum Gasteiger partial charge on any atom is -0.388 e. The average molecular weight is 204 g/mol. The van der Waals surface area contributed by atoms with E-state index in [1.807, 2.05) is 0 Å². The van der Waals surface area contributed by atoms with E-state index in [0.29, 0.717) is 12.0 Å². The van der Waals surface area contributed by atoms with Gasteiger partial charge in [0.2, 0.25) is 0 Å². The minimum atomic E-state index is -4.31. The lowest BCUT2D eigenvalue weighted by atomic mass is 10.1. The van der Waals surface area contributed by atoms with Gasteiger partial charge in [0.15, 0.2) is 0 Å². The van der Waals surface area contributed by atoms with Gasteiger partial charge in [-0.2, -0.15) is 13.2 Å². The Morgan fingerprint density at radius 3 is 2.07 bits per heavy atom. The smallest absolute Gasteiger partial charge is 0.388 e. The summed E-state index contributed by atoms with van der Waals surface area (Å²) in [5.41, 5.74) is -0.176. The van der Waals surface area contributed by atoms with E-state index in [4.69, 9.17) is 0 Å². The Bertz CT molecular complexity index is 289. The summed E-state index contributed by atoms with van der Waals surface area (Å²) in [6.45, 7) is 1.77. The van der Waals surface area contributed by atoms with Crippen LogP contribution >= 0.6 is 0 Å². The Hall–Kier alpha value is -1.03. The molecule has 0 aliphatic carbocycles. The summed E-state index contributed by atoms with van der Waals surface area (Å²) < 4.78 is 36.4. The fourth-order valence-electron chi connectivity index (χ4n) is 1.13. The Morgan fingerprint density at radius 1 is 1.21 bits per heavy atom. The molecule has 0 heterocycles. The molecule has 0 spiro atoms. The van der Waals surface area contributed by atoms with Gasteiger partial charge in [0, 0.05) is 0 Å². The summed E-state index contributed by atoms with van der Waals surface area (Å²) in [5, 5.41) is 9.34. The van der Waals surface area contributed by atoms with Crippen molar-refractivity contribution < 1.29 is 18.3 Å². The van der Waals surface area contributed by atoms with Crippen molar-refractivity contribution in [2.45, 2.75) is 25.6 Å². The van der Waals surface area contributed by atoms with Crippen LogP contribution < -0.4 is 0 Å². The van der Waals surface area contributed by atoms with E-state index in [-0.39, 0.29) is 0 Å². The molecule has 0 aliphatic heterocycles. The van der Waals surface area contributed by atoms with Crippen LogP contribution in [0, 0.1) is 0 Å². The van der Waals surface area contributed by atoms with Crippen LogP contribution in [0.25, 0.3) is 0 Å². The normalized spacial score (nSPS) is 14.1. The van der Waals surface area contributed by atoms with E-state index < -0.39 is 17.8 Å². The molecule has 1 atom stereocenters. The molecule has 0 unspecified atom stereocenters. The summed E-state index contributed by atoms with van der Waals surface area (Å²) >= 11 is 0. The summed E-state index contributed by atoms with van der Waals surface area (Å²) in [7, 11) is 0. The SMILES string of the molecule is CC[C@@H](O)c1ccc(C(F)(F)F)cc1. The van der Waals surface area contributed by atoms with E-state index in [1.165, 1.54) is 12.1 Å². The van der Waals surface area contributed by atoms with E-state index in [0.717, 1.165) is 12.1 Å². The predicted octanol–water partition coefficient (Wildman–Crippen LogP) is 3.15. The first kappa shape index (κ1) is 11.0. The van der Waals surface area contributed by atoms with Crippen molar-refractivity contribution >= 4 is 0 Å². The number of aliphatic hydroxyl groups is 1. The molecule has 14 heavy (non-hydrogen) atoms. The molecule has 0 aromatic heterocycles. The number of hydrogen-bond acceptors (Lipinski definition) is 1. The number of aliphatic hydroxyl groups excluding tert-OH is 1. The van der Waals surface area contributed by atoms with Crippen LogP contribution in [0.2, 0.25) is 0 Å². The maximum atomic E-state index is 12.1.